The number of hydrogen-bond donors (Lipinski definition) is 1. The Morgan fingerprint density at radius 3 is 2.48 bits per heavy atom. The first kappa shape index (κ1) is 19.4. The molecule has 8 nitrogen and oxygen atoms in total. The SMILES string of the molecule is CC(=O)N1CCC(C(=O)NCc2cc3n(n2)CCN(C(=O)C(C)C)C3)CC1. The van der Waals surface area contributed by atoms with E-state index in [0.717, 1.165) is 11.4 Å². The summed E-state index contributed by atoms with van der Waals surface area (Å²) in [7, 11) is 0. The Bertz CT molecular complexity index is 719. The molecule has 0 atom stereocenters. The molecule has 0 unspecified atom stereocenters. The van der Waals surface area contributed by atoms with Crippen molar-refractivity contribution >= 4 is 17.7 Å². The van der Waals surface area contributed by atoms with E-state index < -0.39 is 0 Å². The molecule has 3 heterocycles. The molecule has 0 spiro atoms. The number of fused-ring (bicyclic) bond motifs is 1. The fourth-order valence-electron chi connectivity index (χ4n) is 3.74. The molecule has 0 saturated carbocycles. The van der Waals surface area contributed by atoms with Crippen LogP contribution < -0.4 is 5.32 Å². The van der Waals surface area contributed by atoms with Crippen LogP contribution in [-0.4, -0.2) is 56.9 Å². The van der Waals surface area contributed by atoms with Gasteiger partial charge in [0.05, 0.1) is 31.0 Å². The van der Waals surface area contributed by atoms with Crippen LogP contribution in [0.1, 0.15) is 45.0 Å². The molecule has 2 aliphatic heterocycles. The van der Waals surface area contributed by atoms with E-state index in [-0.39, 0.29) is 29.6 Å². The number of nitrogens with one attached hydrogen (secondary N) is 1. The predicted molar refractivity (Wildman–Crippen MR) is 99.3 cm³/mol. The van der Waals surface area contributed by atoms with Crippen LogP contribution in [0.4, 0.5) is 0 Å². The molecule has 1 aromatic rings. The lowest BCUT2D eigenvalue weighted by molar-refractivity contribution is -0.136. The molecule has 148 valence electrons. The van der Waals surface area contributed by atoms with Crippen LogP contribution in [0.2, 0.25) is 0 Å². The molecule has 0 aliphatic carbocycles. The van der Waals surface area contributed by atoms with Crippen molar-refractivity contribution in [2.24, 2.45) is 11.8 Å². The zero-order valence-corrected chi connectivity index (χ0v) is 16.4. The normalized spacial score (nSPS) is 17.8. The fraction of sp³-hybridized carbons (Fsp3) is 0.684. The summed E-state index contributed by atoms with van der Waals surface area (Å²) in [5.41, 5.74) is 1.83. The zero-order valence-electron chi connectivity index (χ0n) is 16.4. The van der Waals surface area contributed by atoms with Crippen molar-refractivity contribution in [1.82, 2.24) is 24.9 Å². The summed E-state index contributed by atoms with van der Waals surface area (Å²) >= 11 is 0. The molecule has 8 heteroatoms. The van der Waals surface area contributed by atoms with E-state index in [0.29, 0.717) is 52.1 Å². The number of nitrogens with zero attached hydrogens (tertiary/aromatic N) is 4. The molecule has 0 aromatic carbocycles. The van der Waals surface area contributed by atoms with Crippen molar-refractivity contribution in [3.8, 4) is 0 Å². The lowest BCUT2D eigenvalue weighted by Crippen LogP contribution is -2.42. The molecule has 3 rings (SSSR count). The highest BCUT2D eigenvalue weighted by atomic mass is 16.2. The van der Waals surface area contributed by atoms with Gasteiger partial charge in [0, 0.05) is 38.4 Å². The topological polar surface area (TPSA) is 87.5 Å². The van der Waals surface area contributed by atoms with Crippen molar-refractivity contribution in [3.05, 3.63) is 17.5 Å². The maximum absolute atomic E-state index is 12.4. The predicted octanol–water partition coefficient (Wildman–Crippen LogP) is 0.756. The lowest BCUT2D eigenvalue weighted by Gasteiger charge is -2.30. The second kappa shape index (κ2) is 8.10. The van der Waals surface area contributed by atoms with E-state index in [9.17, 15) is 14.4 Å². The number of aromatic nitrogens is 2. The first-order valence-corrected chi connectivity index (χ1v) is 9.72. The molecule has 2 aliphatic rings. The Kier molecular flexibility index (Phi) is 5.82. The van der Waals surface area contributed by atoms with E-state index in [2.05, 4.69) is 10.4 Å². The van der Waals surface area contributed by atoms with Gasteiger partial charge in [-0.1, -0.05) is 13.8 Å². The Morgan fingerprint density at radius 1 is 1.15 bits per heavy atom. The Hall–Kier alpha value is -2.38. The van der Waals surface area contributed by atoms with Gasteiger partial charge in [-0.15, -0.1) is 0 Å². The largest absolute Gasteiger partial charge is 0.350 e. The molecule has 1 N–H and O–H groups in total. The standard InChI is InChI=1S/C19H29N5O3/c1-13(2)19(27)23-8-9-24-17(12-23)10-16(21-24)11-20-18(26)15-4-6-22(7-5-15)14(3)25/h10,13,15H,4-9,11-12H2,1-3H3,(H,20,26). The number of carbonyl (C=O) groups is 3. The van der Waals surface area contributed by atoms with Crippen molar-refractivity contribution < 1.29 is 14.4 Å². The molecule has 1 aromatic heterocycles. The molecule has 27 heavy (non-hydrogen) atoms. The van der Waals surface area contributed by atoms with Gasteiger partial charge in [-0.2, -0.15) is 5.10 Å². The smallest absolute Gasteiger partial charge is 0.225 e. The average Bonchev–Trinajstić information content (AvgIpc) is 3.07. The summed E-state index contributed by atoms with van der Waals surface area (Å²) in [5.74, 6) is 0.210. The summed E-state index contributed by atoms with van der Waals surface area (Å²) in [5, 5.41) is 7.53. The van der Waals surface area contributed by atoms with Gasteiger partial charge in [-0.3, -0.25) is 19.1 Å². The zero-order chi connectivity index (χ0) is 19.6. The molecule has 3 amide bonds. The molecule has 1 fully saturated rings. The van der Waals surface area contributed by atoms with Crippen LogP contribution in [0.25, 0.3) is 0 Å². The van der Waals surface area contributed by atoms with E-state index in [4.69, 9.17) is 0 Å². The van der Waals surface area contributed by atoms with Crippen LogP contribution in [0.15, 0.2) is 6.07 Å². The van der Waals surface area contributed by atoms with Gasteiger partial charge >= 0.3 is 0 Å². The maximum Gasteiger partial charge on any atom is 0.225 e. The quantitative estimate of drug-likeness (QED) is 0.841. The highest BCUT2D eigenvalue weighted by molar-refractivity contribution is 5.79. The summed E-state index contributed by atoms with van der Waals surface area (Å²) in [6.07, 6.45) is 1.41. The summed E-state index contributed by atoms with van der Waals surface area (Å²) < 4.78 is 1.93. The minimum atomic E-state index is -0.0444. The van der Waals surface area contributed by atoms with E-state index in [1.807, 2.05) is 29.5 Å². The van der Waals surface area contributed by atoms with Gasteiger partial charge in [0.1, 0.15) is 0 Å². The minimum absolute atomic E-state index is 0.00681. The van der Waals surface area contributed by atoms with E-state index in [1.165, 1.54) is 0 Å². The van der Waals surface area contributed by atoms with Crippen molar-refractivity contribution in [1.29, 1.82) is 0 Å². The van der Waals surface area contributed by atoms with Crippen LogP contribution >= 0.6 is 0 Å². The molecule has 0 bridgehead atoms. The molecule has 1 saturated heterocycles. The Labute approximate surface area is 159 Å². The second-order valence-electron chi connectivity index (χ2n) is 7.76. The molecule has 0 radical (unpaired) electrons. The van der Waals surface area contributed by atoms with Crippen LogP contribution in [0.5, 0.6) is 0 Å². The number of piperidine rings is 1. The van der Waals surface area contributed by atoms with Crippen molar-refractivity contribution in [2.75, 3.05) is 19.6 Å². The lowest BCUT2D eigenvalue weighted by atomic mass is 9.96. The van der Waals surface area contributed by atoms with Gasteiger partial charge in [0.15, 0.2) is 0 Å². The van der Waals surface area contributed by atoms with E-state index in [1.54, 1.807) is 11.8 Å². The highest BCUT2D eigenvalue weighted by Gasteiger charge is 2.27. The number of amides is 3. The molecular weight excluding hydrogens is 346 g/mol. The Morgan fingerprint density at radius 2 is 1.85 bits per heavy atom. The van der Waals surface area contributed by atoms with Gasteiger partial charge in [0.25, 0.3) is 0 Å². The minimum Gasteiger partial charge on any atom is -0.350 e. The number of carbonyl (C=O) groups excluding carboxylic acids is 3. The number of rotatable bonds is 4. The first-order chi connectivity index (χ1) is 12.8. The van der Waals surface area contributed by atoms with Crippen molar-refractivity contribution in [2.45, 2.75) is 53.2 Å². The van der Waals surface area contributed by atoms with Gasteiger partial charge in [-0.05, 0) is 18.9 Å². The van der Waals surface area contributed by atoms with Crippen molar-refractivity contribution in [3.63, 3.8) is 0 Å². The van der Waals surface area contributed by atoms with Crippen LogP contribution in [-0.2, 0) is 34.0 Å². The summed E-state index contributed by atoms with van der Waals surface area (Å²) in [6.45, 7) is 9.00. The monoisotopic (exact) mass is 375 g/mol. The van der Waals surface area contributed by atoms with Gasteiger partial charge < -0.3 is 15.1 Å². The number of likely N-dealkylation sites (tertiary alicyclic amines) is 1. The average molecular weight is 375 g/mol. The third-order valence-electron chi connectivity index (χ3n) is 5.41. The molecular formula is C19H29N5O3. The summed E-state index contributed by atoms with van der Waals surface area (Å²) in [4.78, 5) is 39.6. The van der Waals surface area contributed by atoms with Crippen LogP contribution in [0, 0.1) is 11.8 Å². The first-order valence-electron chi connectivity index (χ1n) is 9.72. The summed E-state index contributed by atoms with van der Waals surface area (Å²) in [6, 6.07) is 1.97. The van der Waals surface area contributed by atoms with Gasteiger partial charge in [0.2, 0.25) is 17.7 Å². The van der Waals surface area contributed by atoms with Gasteiger partial charge in [-0.25, -0.2) is 0 Å². The third-order valence-corrected chi connectivity index (χ3v) is 5.41. The van der Waals surface area contributed by atoms with E-state index >= 15 is 0 Å². The number of hydrogen-bond acceptors (Lipinski definition) is 4. The highest BCUT2D eigenvalue weighted by Crippen LogP contribution is 2.18. The van der Waals surface area contributed by atoms with Crippen LogP contribution in [0.3, 0.4) is 0 Å². The Balaban J connectivity index is 1.51. The fourth-order valence-corrected chi connectivity index (χ4v) is 3.74. The third kappa shape index (κ3) is 4.48. The maximum atomic E-state index is 12.4. The second-order valence-corrected chi connectivity index (χ2v) is 7.76.